The van der Waals surface area contributed by atoms with E-state index in [1.165, 1.54) is 25.7 Å². The second-order valence-electron chi connectivity index (χ2n) is 4.29. The summed E-state index contributed by atoms with van der Waals surface area (Å²) in [5.41, 5.74) is 5.85. The Balaban J connectivity index is 2.01. The number of nitrogens with two attached hydrogens (primary N) is 1. The van der Waals surface area contributed by atoms with E-state index in [1.54, 1.807) is 0 Å². The summed E-state index contributed by atoms with van der Waals surface area (Å²) >= 11 is 0. The first-order chi connectivity index (χ1) is 7.29. The first kappa shape index (κ1) is 12.9. The second-order valence-corrected chi connectivity index (χ2v) is 4.29. The lowest BCUT2D eigenvalue weighted by atomic mass is 9.86. The summed E-state index contributed by atoms with van der Waals surface area (Å²) in [4.78, 5) is 0. The summed E-state index contributed by atoms with van der Waals surface area (Å²) in [6, 6.07) is 0.186. The molecule has 0 aromatic rings. The fraction of sp³-hybridized carbons (Fsp3) is 1.00. The molecule has 0 radical (unpaired) electrons. The minimum Gasteiger partial charge on any atom is -0.375 e. The molecule has 3 heteroatoms. The Morgan fingerprint density at radius 3 is 2.53 bits per heavy atom. The van der Waals surface area contributed by atoms with Crippen LogP contribution in [-0.2, 0) is 9.47 Å². The van der Waals surface area contributed by atoms with Crippen molar-refractivity contribution in [2.24, 2.45) is 5.73 Å². The lowest BCUT2D eigenvalue weighted by Gasteiger charge is -2.41. The standard InChI is InChI=1S/C12H25NO2/c1-3-5-6-7-8-15-11-9-10(13)12(11)14-4-2/h10-12H,3-9,13H2,1-2H3. The average molecular weight is 215 g/mol. The average Bonchev–Trinajstić information content (AvgIpc) is 2.24. The van der Waals surface area contributed by atoms with E-state index < -0.39 is 0 Å². The van der Waals surface area contributed by atoms with Crippen LogP contribution in [0.15, 0.2) is 0 Å². The molecule has 0 aliphatic heterocycles. The molecule has 15 heavy (non-hydrogen) atoms. The second kappa shape index (κ2) is 7.20. The van der Waals surface area contributed by atoms with Crippen molar-refractivity contribution in [1.82, 2.24) is 0 Å². The molecule has 0 heterocycles. The smallest absolute Gasteiger partial charge is 0.0988 e. The van der Waals surface area contributed by atoms with Crippen LogP contribution < -0.4 is 5.73 Å². The largest absolute Gasteiger partial charge is 0.375 e. The van der Waals surface area contributed by atoms with Gasteiger partial charge in [-0.25, -0.2) is 0 Å². The van der Waals surface area contributed by atoms with E-state index >= 15 is 0 Å². The van der Waals surface area contributed by atoms with Crippen LogP contribution in [0.5, 0.6) is 0 Å². The molecule has 1 saturated carbocycles. The Kier molecular flexibility index (Phi) is 6.22. The van der Waals surface area contributed by atoms with E-state index in [9.17, 15) is 0 Å². The normalized spacial score (nSPS) is 30.2. The van der Waals surface area contributed by atoms with Crippen LogP contribution >= 0.6 is 0 Å². The molecule has 1 fully saturated rings. The van der Waals surface area contributed by atoms with Gasteiger partial charge in [0.05, 0.1) is 12.2 Å². The van der Waals surface area contributed by atoms with Gasteiger partial charge in [-0.3, -0.25) is 0 Å². The fourth-order valence-electron chi connectivity index (χ4n) is 1.97. The Hall–Kier alpha value is -0.120. The van der Waals surface area contributed by atoms with Gasteiger partial charge in [0, 0.05) is 19.3 Å². The molecule has 0 spiro atoms. The van der Waals surface area contributed by atoms with Gasteiger partial charge < -0.3 is 15.2 Å². The molecule has 1 rings (SSSR count). The Morgan fingerprint density at radius 2 is 1.93 bits per heavy atom. The van der Waals surface area contributed by atoms with Gasteiger partial charge in [0.15, 0.2) is 0 Å². The van der Waals surface area contributed by atoms with Gasteiger partial charge in [-0.05, 0) is 19.8 Å². The van der Waals surface area contributed by atoms with Crippen molar-refractivity contribution in [2.45, 2.75) is 64.2 Å². The SMILES string of the molecule is CCCCCCOC1CC(N)C1OCC. The van der Waals surface area contributed by atoms with E-state index in [0.717, 1.165) is 19.6 Å². The summed E-state index contributed by atoms with van der Waals surface area (Å²) in [6.45, 7) is 5.81. The predicted molar refractivity (Wildman–Crippen MR) is 61.9 cm³/mol. The highest BCUT2D eigenvalue weighted by Crippen LogP contribution is 2.25. The van der Waals surface area contributed by atoms with Crippen molar-refractivity contribution >= 4 is 0 Å². The maximum atomic E-state index is 5.85. The Bertz CT molecular complexity index is 164. The van der Waals surface area contributed by atoms with Crippen molar-refractivity contribution in [3.05, 3.63) is 0 Å². The molecule has 3 atom stereocenters. The maximum absolute atomic E-state index is 5.85. The van der Waals surface area contributed by atoms with Crippen LogP contribution in [0, 0.1) is 0 Å². The molecule has 3 unspecified atom stereocenters. The minimum atomic E-state index is 0.140. The van der Waals surface area contributed by atoms with Crippen LogP contribution in [0.1, 0.15) is 46.0 Å². The van der Waals surface area contributed by atoms with Gasteiger partial charge in [0.1, 0.15) is 0 Å². The van der Waals surface area contributed by atoms with Crippen LogP contribution in [0.25, 0.3) is 0 Å². The van der Waals surface area contributed by atoms with Crippen molar-refractivity contribution in [3.8, 4) is 0 Å². The van der Waals surface area contributed by atoms with Crippen LogP contribution in [0.3, 0.4) is 0 Å². The predicted octanol–water partition coefficient (Wildman–Crippen LogP) is 2.09. The van der Waals surface area contributed by atoms with E-state index in [0.29, 0.717) is 0 Å². The van der Waals surface area contributed by atoms with Gasteiger partial charge in [0.25, 0.3) is 0 Å². The van der Waals surface area contributed by atoms with Gasteiger partial charge in [-0.1, -0.05) is 26.2 Å². The maximum Gasteiger partial charge on any atom is 0.0988 e. The molecule has 1 aliphatic rings. The highest BCUT2D eigenvalue weighted by molar-refractivity contribution is 4.95. The first-order valence-electron chi connectivity index (χ1n) is 6.28. The molecule has 0 saturated heterocycles. The number of unbranched alkanes of at least 4 members (excludes halogenated alkanes) is 3. The third kappa shape index (κ3) is 4.09. The molecule has 0 bridgehead atoms. The molecule has 90 valence electrons. The van der Waals surface area contributed by atoms with E-state index in [-0.39, 0.29) is 18.2 Å². The monoisotopic (exact) mass is 215 g/mol. The van der Waals surface area contributed by atoms with Crippen LogP contribution in [0.2, 0.25) is 0 Å². The number of hydrogen-bond donors (Lipinski definition) is 1. The zero-order chi connectivity index (χ0) is 11.1. The van der Waals surface area contributed by atoms with Crippen LogP contribution in [0.4, 0.5) is 0 Å². The molecule has 0 aromatic carbocycles. The van der Waals surface area contributed by atoms with Crippen molar-refractivity contribution in [2.75, 3.05) is 13.2 Å². The molecule has 1 aliphatic carbocycles. The zero-order valence-corrected chi connectivity index (χ0v) is 10.1. The van der Waals surface area contributed by atoms with Crippen molar-refractivity contribution < 1.29 is 9.47 Å². The molecule has 0 amide bonds. The lowest BCUT2D eigenvalue weighted by molar-refractivity contribution is -0.137. The van der Waals surface area contributed by atoms with E-state index in [1.807, 2.05) is 6.92 Å². The van der Waals surface area contributed by atoms with Gasteiger partial charge >= 0.3 is 0 Å². The number of ether oxygens (including phenoxy) is 2. The number of rotatable bonds is 8. The number of hydrogen-bond acceptors (Lipinski definition) is 3. The summed E-state index contributed by atoms with van der Waals surface area (Å²) in [5, 5.41) is 0. The summed E-state index contributed by atoms with van der Waals surface area (Å²) in [7, 11) is 0. The molecule has 0 aromatic heterocycles. The molecule has 2 N–H and O–H groups in total. The first-order valence-corrected chi connectivity index (χ1v) is 6.28. The molecular formula is C12H25NO2. The van der Waals surface area contributed by atoms with E-state index in [4.69, 9.17) is 15.2 Å². The summed E-state index contributed by atoms with van der Waals surface area (Å²) in [5.74, 6) is 0. The lowest BCUT2D eigenvalue weighted by Crippen LogP contribution is -2.58. The highest BCUT2D eigenvalue weighted by atomic mass is 16.5. The third-order valence-electron chi connectivity index (χ3n) is 2.98. The molecule has 3 nitrogen and oxygen atoms in total. The molecular weight excluding hydrogens is 190 g/mol. The highest BCUT2D eigenvalue weighted by Gasteiger charge is 2.40. The Morgan fingerprint density at radius 1 is 1.13 bits per heavy atom. The van der Waals surface area contributed by atoms with Gasteiger partial charge in [0.2, 0.25) is 0 Å². The van der Waals surface area contributed by atoms with Gasteiger partial charge in [-0.2, -0.15) is 0 Å². The van der Waals surface area contributed by atoms with Crippen molar-refractivity contribution in [3.63, 3.8) is 0 Å². The summed E-state index contributed by atoms with van der Waals surface area (Å²) in [6.07, 6.45) is 6.37. The quantitative estimate of drug-likeness (QED) is 0.631. The van der Waals surface area contributed by atoms with Crippen LogP contribution in [-0.4, -0.2) is 31.5 Å². The topological polar surface area (TPSA) is 44.5 Å². The third-order valence-corrected chi connectivity index (χ3v) is 2.98. The Labute approximate surface area is 93.3 Å². The summed E-state index contributed by atoms with van der Waals surface area (Å²) < 4.78 is 11.3. The van der Waals surface area contributed by atoms with Gasteiger partial charge in [-0.15, -0.1) is 0 Å². The van der Waals surface area contributed by atoms with Crippen molar-refractivity contribution in [1.29, 1.82) is 0 Å². The zero-order valence-electron chi connectivity index (χ0n) is 10.1. The van der Waals surface area contributed by atoms with E-state index in [2.05, 4.69) is 6.92 Å². The minimum absolute atomic E-state index is 0.140. The fourth-order valence-corrected chi connectivity index (χ4v) is 1.97.